The third kappa shape index (κ3) is 2.74. The molecular weight excluding hydrogens is 248 g/mol. The topological polar surface area (TPSA) is 46.3 Å². The van der Waals surface area contributed by atoms with Crippen LogP contribution >= 0.6 is 0 Å². The average Bonchev–Trinajstić information content (AvgIpc) is 2.97. The molecule has 1 heterocycles. The molecule has 2 saturated carbocycles. The van der Waals surface area contributed by atoms with Crippen LogP contribution in [0.2, 0.25) is 0 Å². The normalized spacial score (nSPS) is 31.4. The second-order valence-corrected chi connectivity index (χ2v) is 7.32. The van der Waals surface area contributed by atoms with Crippen LogP contribution in [0, 0.1) is 5.92 Å². The second-order valence-electron chi connectivity index (χ2n) is 7.32. The van der Waals surface area contributed by atoms with E-state index in [4.69, 9.17) is 5.73 Å². The molecule has 3 fully saturated rings. The van der Waals surface area contributed by atoms with Crippen molar-refractivity contribution in [1.29, 1.82) is 0 Å². The number of hydrogen-bond acceptors (Lipinski definition) is 2. The quantitative estimate of drug-likeness (QED) is 0.843. The Morgan fingerprint density at radius 1 is 0.900 bits per heavy atom. The molecule has 3 heteroatoms. The number of likely N-dealkylation sites (tertiary alicyclic amines) is 1. The number of rotatable bonds is 2. The van der Waals surface area contributed by atoms with E-state index < -0.39 is 5.54 Å². The van der Waals surface area contributed by atoms with Crippen molar-refractivity contribution < 1.29 is 4.79 Å². The van der Waals surface area contributed by atoms with Gasteiger partial charge in [-0.1, -0.05) is 38.5 Å². The maximum Gasteiger partial charge on any atom is 0.242 e. The Morgan fingerprint density at radius 2 is 1.55 bits per heavy atom. The van der Waals surface area contributed by atoms with Gasteiger partial charge in [-0.3, -0.25) is 4.79 Å². The van der Waals surface area contributed by atoms with Gasteiger partial charge >= 0.3 is 0 Å². The Balaban J connectivity index is 1.69. The van der Waals surface area contributed by atoms with Crippen molar-refractivity contribution in [3.8, 4) is 0 Å². The van der Waals surface area contributed by atoms with E-state index in [0.29, 0.717) is 6.04 Å². The van der Waals surface area contributed by atoms with E-state index in [9.17, 15) is 4.79 Å². The van der Waals surface area contributed by atoms with Gasteiger partial charge in [-0.15, -0.1) is 0 Å². The lowest BCUT2D eigenvalue weighted by Crippen LogP contribution is -2.58. The van der Waals surface area contributed by atoms with E-state index in [1.54, 1.807) is 0 Å². The van der Waals surface area contributed by atoms with E-state index in [1.807, 2.05) is 0 Å². The third-order valence-electron chi connectivity index (χ3n) is 5.93. The lowest BCUT2D eigenvalue weighted by atomic mass is 9.79. The predicted octanol–water partition coefficient (Wildman–Crippen LogP) is 3.22. The van der Waals surface area contributed by atoms with Crippen LogP contribution in [0.1, 0.15) is 77.0 Å². The molecule has 0 aromatic heterocycles. The summed E-state index contributed by atoms with van der Waals surface area (Å²) in [6.07, 6.45) is 14.5. The first-order valence-corrected chi connectivity index (χ1v) is 8.81. The molecule has 2 aliphatic carbocycles. The van der Waals surface area contributed by atoms with E-state index in [0.717, 1.165) is 38.1 Å². The van der Waals surface area contributed by atoms with E-state index in [-0.39, 0.29) is 5.91 Å². The summed E-state index contributed by atoms with van der Waals surface area (Å²) in [6.45, 7) is 0.957. The number of nitrogens with two attached hydrogens (primary N) is 1. The van der Waals surface area contributed by atoms with Crippen LogP contribution in [0.5, 0.6) is 0 Å². The molecule has 1 atom stereocenters. The largest absolute Gasteiger partial charge is 0.338 e. The van der Waals surface area contributed by atoms with Crippen LogP contribution in [0.25, 0.3) is 0 Å². The average molecular weight is 278 g/mol. The van der Waals surface area contributed by atoms with Crippen molar-refractivity contribution in [2.45, 2.75) is 88.6 Å². The molecule has 114 valence electrons. The Kier molecular flexibility index (Phi) is 4.34. The minimum absolute atomic E-state index is 0.283. The smallest absolute Gasteiger partial charge is 0.242 e. The molecule has 3 aliphatic rings. The SMILES string of the molecule is NC1(C(=O)N2CCCC2C2CCCCC2)CCCCC1. The van der Waals surface area contributed by atoms with Crippen molar-refractivity contribution in [3.63, 3.8) is 0 Å². The lowest BCUT2D eigenvalue weighted by molar-refractivity contribution is -0.140. The van der Waals surface area contributed by atoms with Gasteiger partial charge in [0.25, 0.3) is 0 Å². The van der Waals surface area contributed by atoms with Gasteiger partial charge in [0.1, 0.15) is 0 Å². The molecular formula is C17H30N2O. The zero-order valence-corrected chi connectivity index (χ0v) is 12.8. The van der Waals surface area contributed by atoms with Crippen LogP contribution in [0.15, 0.2) is 0 Å². The van der Waals surface area contributed by atoms with Crippen molar-refractivity contribution in [1.82, 2.24) is 4.90 Å². The summed E-state index contributed by atoms with van der Waals surface area (Å²) in [5.41, 5.74) is 5.95. The van der Waals surface area contributed by atoms with Gasteiger partial charge in [-0.25, -0.2) is 0 Å². The minimum atomic E-state index is -0.532. The maximum atomic E-state index is 13.0. The zero-order chi connectivity index (χ0) is 14.0. The van der Waals surface area contributed by atoms with Crippen LogP contribution in [-0.4, -0.2) is 28.9 Å². The van der Waals surface area contributed by atoms with Crippen molar-refractivity contribution in [3.05, 3.63) is 0 Å². The number of nitrogens with zero attached hydrogens (tertiary/aromatic N) is 1. The molecule has 1 unspecified atom stereocenters. The molecule has 0 bridgehead atoms. The number of carbonyl (C=O) groups excluding carboxylic acids is 1. The predicted molar refractivity (Wildman–Crippen MR) is 81.3 cm³/mol. The molecule has 0 aromatic rings. The van der Waals surface area contributed by atoms with Gasteiger partial charge in [-0.05, 0) is 44.4 Å². The first-order valence-electron chi connectivity index (χ1n) is 8.81. The zero-order valence-electron chi connectivity index (χ0n) is 12.8. The van der Waals surface area contributed by atoms with Gasteiger partial charge in [0, 0.05) is 12.6 Å². The highest BCUT2D eigenvalue weighted by atomic mass is 16.2. The van der Waals surface area contributed by atoms with Crippen LogP contribution < -0.4 is 5.73 Å². The van der Waals surface area contributed by atoms with Crippen molar-refractivity contribution in [2.24, 2.45) is 11.7 Å². The van der Waals surface area contributed by atoms with Crippen LogP contribution in [0.4, 0.5) is 0 Å². The molecule has 3 nitrogen and oxygen atoms in total. The monoisotopic (exact) mass is 278 g/mol. The summed E-state index contributed by atoms with van der Waals surface area (Å²) < 4.78 is 0. The number of amides is 1. The van der Waals surface area contributed by atoms with Gasteiger partial charge in [0.05, 0.1) is 5.54 Å². The first-order chi connectivity index (χ1) is 9.71. The summed E-state index contributed by atoms with van der Waals surface area (Å²) in [4.78, 5) is 15.2. The van der Waals surface area contributed by atoms with Crippen LogP contribution in [0.3, 0.4) is 0 Å². The molecule has 3 rings (SSSR count). The minimum Gasteiger partial charge on any atom is -0.338 e. The molecule has 2 N–H and O–H groups in total. The number of hydrogen-bond donors (Lipinski definition) is 1. The summed E-state index contributed by atoms with van der Waals surface area (Å²) in [5.74, 6) is 1.03. The molecule has 0 radical (unpaired) electrons. The molecule has 1 amide bonds. The van der Waals surface area contributed by atoms with Gasteiger partial charge in [0.2, 0.25) is 5.91 Å². The summed E-state index contributed by atoms with van der Waals surface area (Å²) in [7, 11) is 0. The fourth-order valence-electron chi connectivity index (χ4n) is 4.74. The Morgan fingerprint density at radius 3 is 2.25 bits per heavy atom. The molecule has 0 spiro atoms. The van der Waals surface area contributed by atoms with Gasteiger partial charge in [-0.2, -0.15) is 0 Å². The fraction of sp³-hybridized carbons (Fsp3) is 0.941. The third-order valence-corrected chi connectivity index (χ3v) is 5.93. The maximum absolute atomic E-state index is 13.0. The highest BCUT2D eigenvalue weighted by Crippen LogP contribution is 2.37. The van der Waals surface area contributed by atoms with E-state index >= 15 is 0 Å². The molecule has 1 saturated heterocycles. The summed E-state index contributed by atoms with van der Waals surface area (Å²) in [5, 5.41) is 0. The molecule has 1 aliphatic heterocycles. The first kappa shape index (κ1) is 14.4. The van der Waals surface area contributed by atoms with E-state index in [2.05, 4.69) is 4.90 Å². The standard InChI is InChI=1S/C17H30N2O/c18-17(11-5-2-6-12-17)16(20)19-13-7-10-15(19)14-8-3-1-4-9-14/h14-15H,1-13,18H2. The van der Waals surface area contributed by atoms with E-state index in [1.165, 1.54) is 51.4 Å². The second kappa shape index (κ2) is 6.05. The summed E-state index contributed by atoms with van der Waals surface area (Å²) >= 11 is 0. The Bertz CT molecular complexity index is 343. The fourth-order valence-corrected chi connectivity index (χ4v) is 4.74. The highest BCUT2D eigenvalue weighted by molar-refractivity contribution is 5.86. The lowest BCUT2D eigenvalue weighted by Gasteiger charge is -2.40. The number of carbonyl (C=O) groups is 1. The molecule has 0 aromatic carbocycles. The highest BCUT2D eigenvalue weighted by Gasteiger charge is 2.43. The Hall–Kier alpha value is -0.570. The van der Waals surface area contributed by atoms with Gasteiger partial charge < -0.3 is 10.6 Å². The van der Waals surface area contributed by atoms with Crippen LogP contribution in [-0.2, 0) is 4.79 Å². The molecule has 20 heavy (non-hydrogen) atoms. The van der Waals surface area contributed by atoms with Crippen molar-refractivity contribution in [2.75, 3.05) is 6.54 Å². The Labute approximate surface area is 123 Å². The van der Waals surface area contributed by atoms with Crippen molar-refractivity contribution >= 4 is 5.91 Å². The summed E-state index contributed by atoms with van der Waals surface area (Å²) in [6, 6.07) is 0.505. The van der Waals surface area contributed by atoms with Gasteiger partial charge in [0.15, 0.2) is 0 Å².